The van der Waals surface area contributed by atoms with Gasteiger partial charge in [0.25, 0.3) is 6.43 Å². The zero-order valence-corrected chi connectivity index (χ0v) is 8.29. The van der Waals surface area contributed by atoms with Gasteiger partial charge in [-0.05, 0) is 22.6 Å². The molecule has 0 atom stereocenters. The third-order valence-electron chi connectivity index (χ3n) is 1.36. The average molecular weight is 296 g/mol. The number of pyridine rings is 1. The van der Waals surface area contributed by atoms with Gasteiger partial charge in [-0.1, -0.05) is 0 Å². The number of hydrogen-bond donors (Lipinski definition) is 1. The molecule has 0 aliphatic heterocycles. The quantitative estimate of drug-likeness (QED) is 0.808. The minimum atomic E-state index is -2.70. The minimum absolute atomic E-state index is 0.0286. The molecule has 0 aromatic carbocycles. The van der Waals surface area contributed by atoms with E-state index in [0.717, 1.165) is 6.20 Å². The number of halogens is 3. The van der Waals surface area contributed by atoms with Crippen LogP contribution in [0.15, 0.2) is 6.20 Å². The Labute approximate surface area is 86.2 Å². The molecule has 0 unspecified atom stereocenters. The lowest BCUT2D eigenvalue weighted by molar-refractivity contribution is 0.149. The molecule has 6 heteroatoms. The lowest BCUT2D eigenvalue weighted by Gasteiger charge is -2.04. The highest BCUT2D eigenvalue weighted by Crippen LogP contribution is 2.31. The summed E-state index contributed by atoms with van der Waals surface area (Å²) in [5.74, 6) is -0.485. The second-order valence-electron chi connectivity index (χ2n) is 2.14. The standard InChI is InChI=1S/C7H3F2IN2O/c8-7(9)3-2-12-4(1-11)6(13)5(3)10/h2,7,13H. The first kappa shape index (κ1) is 10.1. The zero-order chi connectivity index (χ0) is 10.0. The van der Waals surface area contributed by atoms with Gasteiger partial charge in [-0.2, -0.15) is 5.26 Å². The van der Waals surface area contributed by atoms with E-state index in [0.29, 0.717) is 0 Å². The first-order chi connectivity index (χ1) is 6.07. The summed E-state index contributed by atoms with van der Waals surface area (Å²) in [4.78, 5) is 3.38. The molecule has 0 fully saturated rings. The van der Waals surface area contributed by atoms with Gasteiger partial charge in [-0.25, -0.2) is 13.8 Å². The number of nitriles is 1. The van der Waals surface area contributed by atoms with Gasteiger partial charge in [0.15, 0.2) is 11.4 Å². The molecule has 0 aliphatic carbocycles. The van der Waals surface area contributed by atoms with Gasteiger partial charge >= 0.3 is 0 Å². The fraction of sp³-hybridized carbons (Fsp3) is 0.143. The molecule has 3 nitrogen and oxygen atoms in total. The maximum absolute atomic E-state index is 12.2. The molecule has 0 aliphatic rings. The van der Waals surface area contributed by atoms with Crippen molar-refractivity contribution in [1.82, 2.24) is 4.98 Å². The first-order valence-electron chi connectivity index (χ1n) is 3.13. The van der Waals surface area contributed by atoms with E-state index < -0.39 is 12.2 Å². The highest BCUT2D eigenvalue weighted by atomic mass is 127. The van der Waals surface area contributed by atoms with Crippen LogP contribution in [0.25, 0.3) is 0 Å². The summed E-state index contributed by atoms with van der Waals surface area (Å²) in [7, 11) is 0. The smallest absolute Gasteiger partial charge is 0.266 e. The van der Waals surface area contributed by atoms with Crippen LogP contribution in [0.2, 0.25) is 0 Å². The van der Waals surface area contributed by atoms with Crippen LogP contribution in [-0.4, -0.2) is 10.1 Å². The van der Waals surface area contributed by atoms with Crippen LogP contribution >= 0.6 is 22.6 Å². The first-order valence-corrected chi connectivity index (χ1v) is 4.21. The Kier molecular flexibility index (Phi) is 2.98. The largest absolute Gasteiger partial charge is 0.504 e. The van der Waals surface area contributed by atoms with Crippen LogP contribution in [0.3, 0.4) is 0 Å². The average Bonchev–Trinajstić information content (AvgIpc) is 2.09. The van der Waals surface area contributed by atoms with Crippen LogP contribution < -0.4 is 0 Å². The van der Waals surface area contributed by atoms with Crippen molar-refractivity contribution in [3.8, 4) is 11.8 Å². The molecular formula is C7H3F2IN2O. The van der Waals surface area contributed by atoms with Crippen molar-refractivity contribution in [2.45, 2.75) is 6.43 Å². The van der Waals surface area contributed by atoms with Crippen molar-refractivity contribution in [3.05, 3.63) is 21.0 Å². The van der Waals surface area contributed by atoms with Gasteiger partial charge in [0.2, 0.25) is 0 Å². The summed E-state index contributed by atoms with van der Waals surface area (Å²) < 4.78 is 24.4. The van der Waals surface area contributed by atoms with E-state index >= 15 is 0 Å². The van der Waals surface area contributed by atoms with Crippen LogP contribution in [0.4, 0.5) is 8.78 Å². The van der Waals surface area contributed by atoms with Crippen molar-refractivity contribution < 1.29 is 13.9 Å². The monoisotopic (exact) mass is 296 g/mol. The summed E-state index contributed by atoms with van der Waals surface area (Å²) in [6, 6.07) is 1.59. The number of alkyl halides is 2. The van der Waals surface area contributed by atoms with Crippen LogP contribution in [0.5, 0.6) is 5.75 Å². The van der Waals surface area contributed by atoms with Gasteiger partial charge in [0, 0.05) is 6.20 Å². The van der Waals surface area contributed by atoms with Crippen molar-refractivity contribution in [1.29, 1.82) is 5.26 Å². The van der Waals surface area contributed by atoms with Gasteiger partial charge in [-0.3, -0.25) is 0 Å². The third kappa shape index (κ3) is 1.85. The molecule has 1 N–H and O–H groups in total. The minimum Gasteiger partial charge on any atom is -0.504 e. The second-order valence-corrected chi connectivity index (χ2v) is 3.22. The number of aromatic hydroxyl groups is 1. The third-order valence-corrected chi connectivity index (χ3v) is 2.49. The van der Waals surface area contributed by atoms with Crippen molar-refractivity contribution in [2.24, 2.45) is 0 Å². The molecular weight excluding hydrogens is 293 g/mol. The van der Waals surface area contributed by atoms with Crippen molar-refractivity contribution in [2.75, 3.05) is 0 Å². The Morgan fingerprint density at radius 3 is 2.69 bits per heavy atom. The maximum Gasteiger partial charge on any atom is 0.266 e. The molecule has 0 radical (unpaired) electrons. The Bertz CT molecular complexity index is 375. The van der Waals surface area contributed by atoms with Gasteiger partial charge in [-0.15, -0.1) is 0 Å². The lowest BCUT2D eigenvalue weighted by atomic mass is 10.2. The number of aromatic nitrogens is 1. The van der Waals surface area contributed by atoms with Crippen LogP contribution in [0, 0.1) is 14.9 Å². The summed E-state index contributed by atoms with van der Waals surface area (Å²) in [6.07, 6.45) is -1.80. The second kappa shape index (κ2) is 3.83. The van der Waals surface area contributed by atoms with E-state index in [2.05, 4.69) is 4.98 Å². The van der Waals surface area contributed by atoms with Crippen LogP contribution in [0.1, 0.15) is 17.7 Å². The summed E-state index contributed by atoms with van der Waals surface area (Å²) >= 11 is 1.55. The Hall–Kier alpha value is -0.970. The van der Waals surface area contributed by atoms with E-state index in [9.17, 15) is 13.9 Å². The molecule has 13 heavy (non-hydrogen) atoms. The Morgan fingerprint density at radius 2 is 2.23 bits per heavy atom. The van der Waals surface area contributed by atoms with Gasteiger partial charge in [0.05, 0.1) is 9.13 Å². The zero-order valence-electron chi connectivity index (χ0n) is 6.13. The SMILES string of the molecule is N#Cc1ncc(C(F)F)c(I)c1O. The lowest BCUT2D eigenvalue weighted by Crippen LogP contribution is -1.95. The van der Waals surface area contributed by atoms with E-state index in [1.54, 1.807) is 28.7 Å². The summed E-state index contributed by atoms with van der Waals surface area (Å²) in [5.41, 5.74) is -0.606. The predicted molar refractivity (Wildman–Crippen MR) is 48.3 cm³/mol. The van der Waals surface area contributed by atoms with E-state index in [1.807, 2.05) is 0 Å². The highest BCUT2D eigenvalue weighted by Gasteiger charge is 2.17. The van der Waals surface area contributed by atoms with E-state index in [-0.39, 0.29) is 14.8 Å². The molecule has 0 saturated carbocycles. The van der Waals surface area contributed by atoms with Gasteiger partial charge < -0.3 is 5.11 Å². The van der Waals surface area contributed by atoms with E-state index in [1.165, 1.54) is 0 Å². The number of hydrogen-bond acceptors (Lipinski definition) is 3. The molecule has 1 aromatic heterocycles. The van der Waals surface area contributed by atoms with Crippen LogP contribution in [-0.2, 0) is 0 Å². The van der Waals surface area contributed by atoms with Crippen molar-refractivity contribution >= 4 is 22.6 Å². The normalized spacial score (nSPS) is 10.1. The molecule has 1 aromatic rings. The molecule has 68 valence electrons. The predicted octanol–water partition coefficient (Wildman–Crippen LogP) is 2.20. The molecule has 0 amide bonds. The molecule has 0 spiro atoms. The molecule has 1 rings (SSSR count). The fourth-order valence-electron chi connectivity index (χ4n) is 0.727. The Morgan fingerprint density at radius 1 is 1.62 bits per heavy atom. The molecule has 0 bridgehead atoms. The molecule has 0 saturated heterocycles. The maximum atomic E-state index is 12.2. The Balaban J connectivity index is 3.33. The summed E-state index contributed by atoms with van der Waals surface area (Å²) in [6.45, 7) is 0. The summed E-state index contributed by atoms with van der Waals surface area (Å²) in [5, 5.41) is 17.6. The van der Waals surface area contributed by atoms with Gasteiger partial charge in [0.1, 0.15) is 6.07 Å². The topological polar surface area (TPSA) is 56.9 Å². The number of rotatable bonds is 1. The molecule has 1 heterocycles. The fourth-order valence-corrected chi connectivity index (χ4v) is 1.36. The highest BCUT2D eigenvalue weighted by molar-refractivity contribution is 14.1. The number of nitrogens with zero attached hydrogens (tertiary/aromatic N) is 2. The van der Waals surface area contributed by atoms with E-state index in [4.69, 9.17) is 5.26 Å². The van der Waals surface area contributed by atoms with Crippen molar-refractivity contribution in [3.63, 3.8) is 0 Å².